The van der Waals surface area contributed by atoms with Gasteiger partial charge >= 0.3 is 34.7 Å². The normalized spacial score (nSPS) is 10.3. The van der Waals surface area contributed by atoms with Crippen LogP contribution in [0.4, 0.5) is 0 Å². The number of carboxylic acid groups (broad SMARTS) is 6. The van der Waals surface area contributed by atoms with Gasteiger partial charge in [-0.2, -0.15) is 0 Å². The molecular formula is C33H54Al2O12. The Labute approximate surface area is 303 Å². The molecule has 0 rings (SSSR count). The third kappa shape index (κ3) is 66.5. The third-order valence-electron chi connectivity index (χ3n) is 5.70. The largest absolute Gasteiger partial charge is 3.00 e. The molecule has 12 nitrogen and oxygen atoms in total. The molecule has 0 bridgehead atoms. The molecule has 14 heteroatoms. The van der Waals surface area contributed by atoms with Crippen LogP contribution in [0, 0.1) is 17.8 Å². The topological polar surface area (TPSA) is 241 Å². The number of carbonyl (C=O) groups excluding carboxylic acids is 6. The number of aliphatic carboxylic acids is 6. The molecule has 0 saturated heterocycles. The van der Waals surface area contributed by atoms with Crippen molar-refractivity contribution in [2.75, 3.05) is 0 Å². The van der Waals surface area contributed by atoms with E-state index in [-0.39, 0.29) is 52.5 Å². The van der Waals surface area contributed by atoms with Crippen molar-refractivity contribution in [3.05, 3.63) is 38.0 Å². The molecule has 0 saturated carbocycles. The molecule has 47 heavy (non-hydrogen) atoms. The summed E-state index contributed by atoms with van der Waals surface area (Å²) in [5.41, 5.74) is 0. The van der Waals surface area contributed by atoms with Gasteiger partial charge in [0.2, 0.25) is 0 Å². The Balaban J connectivity index is -0.0000000660. The van der Waals surface area contributed by atoms with Crippen LogP contribution in [0.3, 0.4) is 0 Å². The monoisotopic (exact) mass is 696 g/mol. The molecule has 0 aliphatic carbocycles. The molecule has 0 amide bonds. The maximum atomic E-state index is 10.3. The Morgan fingerprint density at radius 1 is 0.447 bits per heavy atom. The number of rotatable bonds is 18. The van der Waals surface area contributed by atoms with Crippen LogP contribution in [-0.4, -0.2) is 70.5 Å². The summed E-state index contributed by atoms with van der Waals surface area (Å²) in [6.07, 6.45) is 12.7. The van der Waals surface area contributed by atoms with E-state index in [2.05, 4.69) is 40.5 Å². The van der Waals surface area contributed by atoms with E-state index in [1.54, 1.807) is 0 Å². The van der Waals surface area contributed by atoms with Crippen LogP contribution in [0.5, 0.6) is 0 Å². The molecule has 0 aliphatic heterocycles. The van der Waals surface area contributed by atoms with Gasteiger partial charge in [-0.15, -0.1) is 0 Å². The molecule has 0 radical (unpaired) electrons. The molecule has 0 aromatic rings. The Morgan fingerprint density at radius 3 is 0.660 bits per heavy atom. The van der Waals surface area contributed by atoms with Crippen LogP contribution in [0.2, 0.25) is 0 Å². The van der Waals surface area contributed by atoms with Gasteiger partial charge in [-0.25, -0.2) is 0 Å². The fourth-order valence-electron chi connectivity index (χ4n) is 2.82. The second-order valence-corrected chi connectivity index (χ2v) is 9.27. The van der Waals surface area contributed by atoms with Gasteiger partial charge in [0.1, 0.15) is 0 Å². The number of unbranched alkanes of at least 4 members (excludes halogenated alkanes) is 3. The van der Waals surface area contributed by atoms with Crippen LogP contribution in [0.25, 0.3) is 0 Å². The van der Waals surface area contributed by atoms with Crippen LogP contribution < -0.4 is 30.6 Å². The van der Waals surface area contributed by atoms with E-state index in [0.717, 1.165) is 76.0 Å². The summed E-state index contributed by atoms with van der Waals surface area (Å²) in [6, 6.07) is 0. The molecule has 0 N–H and O–H groups in total. The van der Waals surface area contributed by atoms with Gasteiger partial charge in [0, 0.05) is 17.9 Å². The smallest absolute Gasteiger partial charge is 0.550 e. The predicted octanol–water partition coefficient (Wildman–Crippen LogP) is -1.14. The maximum absolute atomic E-state index is 10.3. The Bertz CT molecular complexity index is 713. The maximum Gasteiger partial charge on any atom is 3.00 e. The number of carboxylic acids is 6. The summed E-state index contributed by atoms with van der Waals surface area (Å²) in [5.74, 6) is -7.04. The Morgan fingerprint density at radius 2 is 0.596 bits per heavy atom. The zero-order valence-electron chi connectivity index (χ0n) is 29.1. The molecule has 3 atom stereocenters. The van der Waals surface area contributed by atoms with E-state index in [0.29, 0.717) is 19.3 Å². The first-order valence-electron chi connectivity index (χ1n) is 15.1. The van der Waals surface area contributed by atoms with E-state index in [1.807, 2.05) is 20.8 Å². The molecule has 3 unspecified atom stereocenters. The quantitative estimate of drug-likeness (QED) is 0.122. The van der Waals surface area contributed by atoms with Crippen molar-refractivity contribution in [3.8, 4) is 0 Å². The average Bonchev–Trinajstić information content (AvgIpc) is 2.99. The zero-order valence-corrected chi connectivity index (χ0v) is 31.4. The average molecular weight is 697 g/mol. The van der Waals surface area contributed by atoms with Gasteiger partial charge < -0.3 is 59.4 Å². The minimum Gasteiger partial charge on any atom is -0.550 e. The zero-order chi connectivity index (χ0) is 36.8. The standard InChI is InChI=1S/3C8H16O2.3C3H4O2.2Al/c3*1-3-5-6-7(4-2)8(9)10;3*1-2-3(4)5;;/h3*7H,3-6H2,1-2H3,(H,9,10);3*2H,1H2,(H,4,5);;/q;;;;;;2*+3/p-6. The van der Waals surface area contributed by atoms with Crippen molar-refractivity contribution < 1.29 is 59.4 Å². The first kappa shape index (κ1) is 62.9. The SMILES string of the molecule is C=CC(=O)[O-].C=CC(=O)[O-].C=CC(=O)[O-].CCCCC(CC)C(=O)[O-].CCCCC(CC)C(=O)[O-].CCCCC(CC)C(=O)[O-].[Al+3].[Al+3]. The molecular weight excluding hydrogens is 642 g/mol. The fourth-order valence-corrected chi connectivity index (χ4v) is 2.82. The summed E-state index contributed by atoms with van der Waals surface area (Å²) >= 11 is 0. The minimum atomic E-state index is -1.23. The number of hydrogen-bond donors (Lipinski definition) is 0. The van der Waals surface area contributed by atoms with Crippen molar-refractivity contribution in [2.24, 2.45) is 17.8 Å². The van der Waals surface area contributed by atoms with E-state index < -0.39 is 35.8 Å². The Hall–Kier alpha value is -2.90. The summed E-state index contributed by atoms with van der Waals surface area (Å²) < 4.78 is 0. The molecule has 0 fully saturated rings. The molecule has 0 spiro atoms. The van der Waals surface area contributed by atoms with Gasteiger partial charge in [0.05, 0.1) is 17.9 Å². The van der Waals surface area contributed by atoms with Crippen molar-refractivity contribution in [1.82, 2.24) is 0 Å². The first-order chi connectivity index (χ1) is 21.0. The number of hydrogen-bond acceptors (Lipinski definition) is 12. The van der Waals surface area contributed by atoms with Gasteiger partial charge in [-0.3, -0.25) is 0 Å². The van der Waals surface area contributed by atoms with E-state index in [1.165, 1.54) is 0 Å². The van der Waals surface area contributed by atoms with Crippen LogP contribution in [0.1, 0.15) is 119 Å². The van der Waals surface area contributed by atoms with Gasteiger partial charge in [-0.1, -0.05) is 99.8 Å². The van der Waals surface area contributed by atoms with Crippen LogP contribution in [0.15, 0.2) is 38.0 Å². The Kier molecular flexibility index (Phi) is 66.8. The van der Waals surface area contributed by atoms with Gasteiger partial charge in [0.25, 0.3) is 0 Å². The van der Waals surface area contributed by atoms with Gasteiger partial charge in [-0.05, 0) is 74.5 Å². The molecule has 0 heterocycles. The van der Waals surface area contributed by atoms with Crippen molar-refractivity contribution >= 4 is 70.5 Å². The molecule has 0 aromatic carbocycles. The minimum absolute atomic E-state index is 0. The van der Waals surface area contributed by atoms with E-state index >= 15 is 0 Å². The van der Waals surface area contributed by atoms with Crippen LogP contribution in [-0.2, 0) is 28.8 Å². The van der Waals surface area contributed by atoms with Gasteiger partial charge in [0.15, 0.2) is 0 Å². The molecule has 0 aromatic heterocycles. The first-order valence-corrected chi connectivity index (χ1v) is 15.1. The van der Waals surface area contributed by atoms with E-state index in [4.69, 9.17) is 29.7 Å². The molecule has 264 valence electrons. The van der Waals surface area contributed by atoms with Crippen molar-refractivity contribution in [3.63, 3.8) is 0 Å². The summed E-state index contributed by atoms with van der Waals surface area (Å²) in [6.45, 7) is 20.5. The second-order valence-electron chi connectivity index (χ2n) is 9.27. The fraction of sp³-hybridized carbons (Fsp3) is 0.636. The predicted molar refractivity (Wildman–Crippen MR) is 172 cm³/mol. The number of carbonyl (C=O) groups is 6. The second kappa shape index (κ2) is 50.0. The summed E-state index contributed by atoms with van der Waals surface area (Å²) in [7, 11) is 0. The summed E-state index contributed by atoms with van der Waals surface area (Å²) in [5, 5.41) is 58.4. The van der Waals surface area contributed by atoms with E-state index in [9.17, 15) is 29.7 Å². The molecule has 0 aliphatic rings. The third-order valence-corrected chi connectivity index (χ3v) is 5.70. The summed E-state index contributed by atoms with van der Waals surface area (Å²) in [4.78, 5) is 58.4. The van der Waals surface area contributed by atoms with Crippen molar-refractivity contribution in [1.29, 1.82) is 0 Å². The van der Waals surface area contributed by atoms with Crippen molar-refractivity contribution in [2.45, 2.75) is 119 Å². The van der Waals surface area contributed by atoms with Crippen LogP contribution >= 0.6 is 0 Å².